The number of aryl methyl sites for hydroxylation is 2. The molecule has 25 heavy (non-hydrogen) atoms. The number of anilines is 3. The van der Waals surface area contributed by atoms with E-state index >= 15 is 0 Å². The van der Waals surface area contributed by atoms with Gasteiger partial charge in [-0.25, -0.2) is 0 Å². The zero-order chi connectivity index (χ0) is 18.5. The predicted molar refractivity (Wildman–Crippen MR) is 101 cm³/mol. The number of rotatable bonds is 1. The first-order chi connectivity index (χ1) is 11.8. The molecule has 1 aliphatic heterocycles. The Hall–Kier alpha value is -2.98. The second-order valence-electron chi connectivity index (χ2n) is 6.84. The molecule has 0 saturated carbocycles. The van der Waals surface area contributed by atoms with Crippen LogP contribution in [-0.2, 0) is 0 Å². The van der Waals surface area contributed by atoms with Gasteiger partial charge in [0, 0.05) is 12.7 Å². The van der Waals surface area contributed by atoms with Gasteiger partial charge in [0.2, 0.25) is 0 Å². The molecule has 0 saturated heterocycles. The monoisotopic (exact) mass is 330 g/mol. The van der Waals surface area contributed by atoms with Gasteiger partial charge in [-0.3, -0.25) is 0 Å². The Morgan fingerprint density at radius 2 is 1.56 bits per heavy atom. The summed E-state index contributed by atoms with van der Waals surface area (Å²) in [4.78, 5) is 4.37. The van der Waals surface area contributed by atoms with Crippen LogP contribution in [0.25, 0.3) is 0 Å². The molecule has 0 aliphatic carbocycles. The number of nitrogens with zero attached hydrogens (tertiary/aromatic N) is 4. The highest BCUT2D eigenvalue weighted by Gasteiger charge is 2.35. The van der Waals surface area contributed by atoms with E-state index in [0.717, 1.165) is 11.4 Å². The van der Waals surface area contributed by atoms with Crippen molar-refractivity contribution in [3.8, 4) is 12.1 Å². The number of fused-ring (bicyclic) bond motifs is 1. The Balaban J connectivity index is 2.35. The summed E-state index contributed by atoms with van der Waals surface area (Å²) in [6, 6.07) is 10.2. The van der Waals surface area contributed by atoms with Crippen LogP contribution in [0.3, 0.4) is 0 Å². The molecule has 126 valence electrons. The third kappa shape index (κ3) is 2.34. The third-order valence-corrected chi connectivity index (χ3v) is 5.44. The van der Waals surface area contributed by atoms with Crippen LogP contribution in [0.2, 0.25) is 0 Å². The minimum absolute atomic E-state index is 0.0653. The SMILES string of the molecule is Cc1cc(C)c(N2c3cc(C#N)cc(C#N)c3N(C)[C@@H]2C)c(C)c1C. The fourth-order valence-electron chi connectivity index (χ4n) is 3.83. The molecular weight excluding hydrogens is 308 g/mol. The zero-order valence-electron chi connectivity index (χ0n) is 15.6. The normalized spacial score (nSPS) is 15.8. The molecule has 0 radical (unpaired) electrons. The lowest BCUT2D eigenvalue weighted by molar-refractivity contribution is 0.730. The van der Waals surface area contributed by atoms with Gasteiger partial charge in [0.25, 0.3) is 0 Å². The van der Waals surface area contributed by atoms with Crippen LogP contribution in [0.4, 0.5) is 17.1 Å². The quantitative estimate of drug-likeness (QED) is 0.767. The molecule has 0 bridgehead atoms. The topological polar surface area (TPSA) is 54.1 Å². The van der Waals surface area contributed by atoms with Crippen LogP contribution in [-0.4, -0.2) is 13.2 Å². The minimum atomic E-state index is 0.0653. The van der Waals surface area contributed by atoms with Gasteiger partial charge in [-0.1, -0.05) is 6.07 Å². The lowest BCUT2D eigenvalue weighted by Crippen LogP contribution is -2.36. The van der Waals surface area contributed by atoms with E-state index in [4.69, 9.17) is 0 Å². The van der Waals surface area contributed by atoms with Crippen molar-refractivity contribution < 1.29 is 0 Å². The molecule has 0 fully saturated rings. The summed E-state index contributed by atoms with van der Waals surface area (Å²) in [5, 5.41) is 18.9. The van der Waals surface area contributed by atoms with Gasteiger partial charge < -0.3 is 9.80 Å². The maximum Gasteiger partial charge on any atom is 0.103 e. The molecule has 4 heteroatoms. The second-order valence-corrected chi connectivity index (χ2v) is 6.84. The van der Waals surface area contributed by atoms with Crippen molar-refractivity contribution in [3.63, 3.8) is 0 Å². The highest BCUT2D eigenvalue weighted by Crippen LogP contribution is 2.48. The smallest absolute Gasteiger partial charge is 0.103 e. The largest absolute Gasteiger partial charge is 0.351 e. The number of hydrogen-bond donors (Lipinski definition) is 0. The molecule has 1 aliphatic rings. The van der Waals surface area contributed by atoms with Crippen LogP contribution < -0.4 is 9.80 Å². The molecule has 1 atom stereocenters. The highest BCUT2D eigenvalue weighted by atomic mass is 15.4. The molecule has 0 unspecified atom stereocenters. The van der Waals surface area contributed by atoms with E-state index in [2.05, 4.69) is 62.6 Å². The van der Waals surface area contributed by atoms with E-state index in [0.29, 0.717) is 11.1 Å². The van der Waals surface area contributed by atoms with Gasteiger partial charge in [0.1, 0.15) is 12.2 Å². The van der Waals surface area contributed by atoms with Crippen LogP contribution >= 0.6 is 0 Å². The molecule has 0 spiro atoms. The Labute approximate surface area is 149 Å². The molecule has 1 heterocycles. The van der Waals surface area contributed by atoms with Crippen molar-refractivity contribution in [2.75, 3.05) is 16.8 Å². The summed E-state index contributed by atoms with van der Waals surface area (Å²) in [7, 11) is 2.00. The highest BCUT2D eigenvalue weighted by molar-refractivity contribution is 5.90. The lowest BCUT2D eigenvalue weighted by Gasteiger charge is -2.31. The van der Waals surface area contributed by atoms with E-state index in [9.17, 15) is 10.5 Å². The molecule has 3 rings (SSSR count). The van der Waals surface area contributed by atoms with Gasteiger partial charge in [0.05, 0.1) is 28.6 Å². The summed E-state index contributed by atoms with van der Waals surface area (Å²) in [5.74, 6) is 0. The first-order valence-electron chi connectivity index (χ1n) is 8.39. The van der Waals surface area contributed by atoms with E-state index < -0.39 is 0 Å². The third-order valence-electron chi connectivity index (χ3n) is 5.44. The van der Waals surface area contributed by atoms with Crippen molar-refractivity contribution in [1.82, 2.24) is 0 Å². The summed E-state index contributed by atoms with van der Waals surface area (Å²) in [6.45, 7) is 10.7. The average molecular weight is 330 g/mol. The molecular formula is C21H22N4. The summed E-state index contributed by atoms with van der Waals surface area (Å²) in [6.07, 6.45) is 0.0653. The van der Waals surface area contributed by atoms with Gasteiger partial charge >= 0.3 is 0 Å². The predicted octanol–water partition coefficient (Wildman–Crippen LogP) is 4.60. The Morgan fingerprint density at radius 1 is 0.880 bits per heavy atom. The number of nitriles is 2. The summed E-state index contributed by atoms with van der Waals surface area (Å²) >= 11 is 0. The fourth-order valence-corrected chi connectivity index (χ4v) is 3.83. The molecule has 0 amide bonds. The Kier molecular flexibility index (Phi) is 3.93. The van der Waals surface area contributed by atoms with Crippen LogP contribution in [0.5, 0.6) is 0 Å². The number of benzene rings is 2. The molecule has 0 N–H and O–H groups in total. The van der Waals surface area contributed by atoms with Gasteiger partial charge in [-0.2, -0.15) is 10.5 Å². The molecule has 0 aromatic heterocycles. The van der Waals surface area contributed by atoms with Crippen LogP contribution in [0, 0.1) is 50.4 Å². The first kappa shape index (κ1) is 16.9. The van der Waals surface area contributed by atoms with E-state index in [1.165, 1.54) is 27.9 Å². The van der Waals surface area contributed by atoms with Gasteiger partial charge in [0.15, 0.2) is 0 Å². The standard InChI is InChI=1S/C21H22N4/c1-12-7-13(2)20(15(4)14(12)3)25-16(5)24(6)21-18(11-23)8-17(10-22)9-19(21)25/h7-9,16H,1-6H3/t16-/m0/s1. The minimum Gasteiger partial charge on any atom is -0.351 e. The van der Waals surface area contributed by atoms with E-state index in [1.54, 1.807) is 6.07 Å². The van der Waals surface area contributed by atoms with Gasteiger partial charge in [-0.15, -0.1) is 0 Å². The van der Waals surface area contributed by atoms with Crippen LogP contribution in [0.15, 0.2) is 18.2 Å². The van der Waals surface area contributed by atoms with Gasteiger partial charge in [-0.05, 0) is 69.0 Å². The Bertz CT molecular complexity index is 960. The van der Waals surface area contributed by atoms with Crippen LogP contribution in [0.1, 0.15) is 40.3 Å². The van der Waals surface area contributed by atoms with Crippen molar-refractivity contribution >= 4 is 17.1 Å². The maximum absolute atomic E-state index is 9.57. The molecule has 2 aromatic rings. The zero-order valence-corrected chi connectivity index (χ0v) is 15.6. The maximum atomic E-state index is 9.57. The fraction of sp³-hybridized carbons (Fsp3) is 0.333. The molecule has 4 nitrogen and oxygen atoms in total. The number of hydrogen-bond acceptors (Lipinski definition) is 4. The van der Waals surface area contributed by atoms with Crippen molar-refractivity contribution in [1.29, 1.82) is 10.5 Å². The van der Waals surface area contributed by atoms with Crippen molar-refractivity contribution in [2.24, 2.45) is 0 Å². The first-order valence-corrected chi connectivity index (χ1v) is 8.39. The van der Waals surface area contributed by atoms with Crippen molar-refractivity contribution in [2.45, 2.75) is 40.8 Å². The molecule has 2 aromatic carbocycles. The van der Waals surface area contributed by atoms with E-state index in [-0.39, 0.29) is 6.17 Å². The second kappa shape index (κ2) is 5.83. The average Bonchev–Trinajstić information content (AvgIpc) is 2.84. The lowest BCUT2D eigenvalue weighted by atomic mass is 9.97. The summed E-state index contributed by atoms with van der Waals surface area (Å²) in [5.41, 5.74) is 9.06. The Morgan fingerprint density at radius 3 is 2.16 bits per heavy atom. The van der Waals surface area contributed by atoms with E-state index in [1.807, 2.05) is 13.1 Å². The van der Waals surface area contributed by atoms with Crippen molar-refractivity contribution in [3.05, 3.63) is 51.6 Å². The summed E-state index contributed by atoms with van der Waals surface area (Å²) < 4.78 is 0.